The van der Waals surface area contributed by atoms with E-state index < -0.39 is 0 Å². The lowest BCUT2D eigenvalue weighted by Crippen LogP contribution is -2.26. The summed E-state index contributed by atoms with van der Waals surface area (Å²) in [5, 5.41) is 18.1. The lowest BCUT2D eigenvalue weighted by molar-refractivity contribution is 0.102. The molecule has 5 rings (SSSR count). The Balaban J connectivity index is 1.35. The van der Waals surface area contributed by atoms with Crippen LogP contribution in [0.5, 0.6) is 0 Å². The summed E-state index contributed by atoms with van der Waals surface area (Å²) in [5.74, 6) is 1.02. The Kier molecular flexibility index (Phi) is 4.97. The summed E-state index contributed by atoms with van der Waals surface area (Å²) < 4.78 is 5.57. The van der Waals surface area contributed by atoms with Crippen LogP contribution in [0.3, 0.4) is 0 Å². The summed E-state index contributed by atoms with van der Waals surface area (Å²) in [4.78, 5) is 21.4. The standard InChI is InChI=1S/C21H20N6O2S/c1-12-26-27-21(30-12)14-2-3-15-10-23-18(9-16(15)8-14)25-19(28)17-11-29-20(24-17)13-4-6-22-7-5-13/h2-3,8-11,13,22H,4-7H2,1H3,(H,23,25,28). The van der Waals surface area contributed by atoms with Crippen molar-refractivity contribution in [3.63, 3.8) is 0 Å². The first kappa shape index (κ1) is 18.8. The van der Waals surface area contributed by atoms with Crippen molar-refractivity contribution in [2.24, 2.45) is 0 Å². The van der Waals surface area contributed by atoms with Crippen molar-refractivity contribution in [3.8, 4) is 10.6 Å². The molecule has 0 saturated carbocycles. The number of aromatic nitrogens is 4. The molecular weight excluding hydrogens is 400 g/mol. The molecule has 3 aromatic heterocycles. The first-order chi connectivity index (χ1) is 14.7. The highest BCUT2D eigenvalue weighted by atomic mass is 32.1. The van der Waals surface area contributed by atoms with E-state index in [2.05, 4.69) is 30.8 Å². The van der Waals surface area contributed by atoms with Crippen LogP contribution in [0.15, 0.2) is 41.1 Å². The zero-order chi connectivity index (χ0) is 20.5. The Hall–Kier alpha value is -3.17. The fourth-order valence-electron chi connectivity index (χ4n) is 3.58. The molecule has 4 heterocycles. The molecule has 0 spiro atoms. The predicted molar refractivity (Wildman–Crippen MR) is 115 cm³/mol. The van der Waals surface area contributed by atoms with Gasteiger partial charge in [-0.15, -0.1) is 10.2 Å². The highest BCUT2D eigenvalue weighted by Gasteiger charge is 2.22. The summed E-state index contributed by atoms with van der Waals surface area (Å²) in [6, 6.07) is 7.86. The van der Waals surface area contributed by atoms with E-state index in [4.69, 9.17) is 4.42 Å². The number of oxazole rings is 1. The Labute approximate surface area is 176 Å². The van der Waals surface area contributed by atoms with Crippen molar-refractivity contribution in [1.29, 1.82) is 0 Å². The molecule has 1 amide bonds. The second-order valence-corrected chi connectivity index (χ2v) is 8.49. The van der Waals surface area contributed by atoms with Gasteiger partial charge in [-0.2, -0.15) is 0 Å². The number of rotatable bonds is 4. The van der Waals surface area contributed by atoms with E-state index >= 15 is 0 Å². The smallest absolute Gasteiger partial charge is 0.278 e. The summed E-state index contributed by atoms with van der Waals surface area (Å²) in [5.41, 5.74) is 1.25. The Morgan fingerprint density at radius 3 is 2.87 bits per heavy atom. The van der Waals surface area contributed by atoms with E-state index in [0.29, 0.717) is 11.7 Å². The number of aryl methyl sites for hydroxylation is 1. The molecule has 30 heavy (non-hydrogen) atoms. The molecular formula is C21H20N6O2S. The minimum atomic E-state index is -0.332. The normalized spacial score (nSPS) is 14.8. The average Bonchev–Trinajstić information content (AvgIpc) is 3.43. The maximum atomic E-state index is 12.6. The Morgan fingerprint density at radius 1 is 1.20 bits per heavy atom. The van der Waals surface area contributed by atoms with Crippen LogP contribution >= 0.6 is 11.3 Å². The van der Waals surface area contributed by atoms with Crippen LogP contribution in [0.1, 0.15) is 40.1 Å². The van der Waals surface area contributed by atoms with Gasteiger partial charge in [-0.3, -0.25) is 4.79 Å². The van der Waals surface area contributed by atoms with E-state index in [9.17, 15) is 4.79 Å². The van der Waals surface area contributed by atoms with E-state index in [1.807, 2.05) is 31.2 Å². The third-order valence-electron chi connectivity index (χ3n) is 5.18. The van der Waals surface area contributed by atoms with Gasteiger partial charge in [0.1, 0.15) is 22.1 Å². The van der Waals surface area contributed by atoms with Crippen LogP contribution in [0.4, 0.5) is 5.82 Å². The van der Waals surface area contributed by atoms with Gasteiger partial charge in [0, 0.05) is 23.1 Å². The van der Waals surface area contributed by atoms with Crippen LogP contribution in [0.2, 0.25) is 0 Å². The first-order valence-electron chi connectivity index (χ1n) is 9.83. The summed E-state index contributed by atoms with van der Waals surface area (Å²) in [7, 11) is 0. The van der Waals surface area contributed by atoms with Crippen molar-refractivity contribution in [2.75, 3.05) is 18.4 Å². The lowest BCUT2D eigenvalue weighted by Gasteiger charge is -2.19. The maximum absolute atomic E-state index is 12.6. The number of nitrogens with one attached hydrogen (secondary N) is 2. The number of hydrogen-bond acceptors (Lipinski definition) is 8. The van der Waals surface area contributed by atoms with Gasteiger partial charge < -0.3 is 15.1 Å². The SMILES string of the molecule is Cc1nnc(-c2ccc3cnc(NC(=O)c4coc(C5CCNCC5)n4)cc3c2)s1. The molecule has 0 radical (unpaired) electrons. The predicted octanol–water partition coefficient (Wildman–Crippen LogP) is 3.77. The van der Waals surface area contributed by atoms with Gasteiger partial charge in [-0.1, -0.05) is 23.5 Å². The number of anilines is 1. The van der Waals surface area contributed by atoms with Crippen molar-refractivity contribution in [3.05, 3.63) is 53.3 Å². The molecule has 2 N–H and O–H groups in total. The minimum absolute atomic E-state index is 0.258. The highest BCUT2D eigenvalue weighted by molar-refractivity contribution is 7.14. The highest BCUT2D eigenvalue weighted by Crippen LogP contribution is 2.28. The van der Waals surface area contributed by atoms with Gasteiger partial charge in [-0.05, 0) is 50.4 Å². The Morgan fingerprint density at radius 2 is 2.07 bits per heavy atom. The summed E-state index contributed by atoms with van der Waals surface area (Å²) in [6.07, 6.45) is 5.08. The third-order valence-corrected chi connectivity index (χ3v) is 6.07. The molecule has 152 valence electrons. The second kappa shape index (κ2) is 7.92. The fraction of sp³-hybridized carbons (Fsp3) is 0.286. The van der Waals surface area contributed by atoms with Crippen LogP contribution in [0.25, 0.3) is 21.3 Å². The van der Waals surface area contributed by atoms with Gasteiger partial charge in [0.05, 0.1) is 0 Å². The largest absolute Gasteiger partial charge is 0.448 e. The zero-order valence-corrected chi connectivity index (χ0v) is 17.2. The Bertz CT molecular complexity index is 1210. The summed E-state index contributed by atoms with van der Waals surface area (Å²) in [6.45, 7) is 3.81. The van der Waals surface area contributed by atoms with Gasteiger partial charge in [-0.25, -0.2) is 9.97 Å². The molecule has 0 bridgehead atoms. The van der Waals surface area contributed by atoms with Crippen molar-refractivity contribution in [2.45, 2.75) is 25.7 Å². The second-order valence-electron chi connectivity index (χ2n) is 7.31. The number of carbonyl (C=O) groups is 1. The van der Waals surface area contributed by atoms with Gasteiger partial charge in [0.2, 0.25) is 0 Å². The molecule has 8 nitrogen and oxygen atoms in total. The molecule has 9 heteroatoms. The molecule has 1 aliphatic heterocycles. The number of nitrogens with zero attached hydrogens (tertiary/aromatic N) is 4. The number of hydrogen-bond donors (Lipinski definition) is 2. The molecule has 1 aliphatic rings. The molecule has 1 aromatic carbocycles. The number of piperidine rings is 1. The zero-order valence-electron chi connectivity index (χ0n) is 16.4. The van der Waals surface area contributed by atoms with Crippen LogP contribution < -0.4 is 10.6 Å². The quantitative estimate of drug-likeness (QED) is 0.518. The van der Waals surface area contributed by atoms with Crippen molar-refractivity contribution >= 4 is 33.8 Å². The van der Waals surface area contributed by atoms with Crippen molar-refractivity contribution < 1.29 is 9.21 Å². The number of benzene rings is 1. The number of fused-ring (bicyclic) bond motifs is 1. The minimum Gasteiger partial charge on any atom is -0.448 e. The van der Waals surface area contributed by atoms with Gasteiger partial charge in [0.25, 0.3) is 5.91 Å². The molecule has 0 unspecified atom stereocenters. The monoisotopic (exact) mass is 420 g/mol. The number of pyridine rings is 1. The van der Waals surface area contributed by atoms with Gasteiger partial charge >= 0.3 is 0 Å². The molecule has 4 aromatic rings. The van der Waals surface area contributed by atoms with Crippen LogP contribution in [-0.2, 0) is 0 Å². The van der Waals surface area contributed by atoms with Crippen LogP contribution in [-0.4, -0.2) is 39.2 Å². The van der Waals surface area contributed by atoms with E-state index in [-0.39, 0.29) is 17.5 Å². The van der Waals surface area contributed by atoms with Crippen LogP contribution in [0, 0.1) is 6.92 Å². The van der Waals surface area contributed by atoms with E-state index in [1.165, 1.54) is 6.26 Å². The number of amides is 1. The topological polar surface area (TPSA) is 106 Å². The molecule has 1 saturated heterocycles. The summed E-state index contributed by atoms with van der Waals surface area (Å²) >= 11 is 1.55. The maximum Gasteiger partial charge on any atom is 0.278 e. The fourth-order valence-corrected chi connectivity index (χ4v) is 4.27. The van der Waals surface area contributed by atoms with E-state index in [0.717, 1.165) is 52.3 Å². The van der Waals surface area contributed by atoms with Crippen molar-refractivity contribution in [1.82, 2.24) is 25.5 Å². The lowest BCUT2D eigenvalue weighted by atomic mass is 9.98. The third kappa shape index (κ3) is 3.81. The van der Waals surface area contributed by atoms with Gasteiger partial charge in [0.15, 0.2) is 11.6 Å². The molecule has 1 fully saturated rings. The molecule has 0 atom stereocenters. The number of carbonyl (C=O) groups excluding carboxylic acids is 1. The molecule has 0 aliphatic carbocycles. The van der Waals surface area contributed by atoms with E-state index in [1.54, 1.807) is 17.5 Å². The first-order valence-corrected chi connectivity index (χ1v) is 10.6. The average molecular weight is 420 g/mol.